The van der Waals surface area contributed by atoms with Gasteiger partial charge in [-0.25, -0.2) is 0 Å². The van der Waals surface area contributed by atoms with E-state index in [1.54, 1.807) is 0 Å². The van der Waals surface area contributed by atoms with Crippen molar-refractivity contribution in [1.29, 1.82) is 0 Å². The second-order valence-corrected chi connectivity index (χ2v) is 6.22. The molecule has 3 aliphatic rings. The van der Waals surface area contributed by atoms with Crippen molar-refractivity contribution in [1.82, 2.24) is 10.2 Å². The van der Waals surface area contributed by atoms with E-state index in [0.29, 0.717) is 0 Å². The van der Waals surface area contributed by atoms with Crippen LogP contribution in [0.4, 0.5) is 0 Å². The fraction of sp³-hybridized carbons (Fsp3) is 1.00. The smallest absolute Gasteiger partial charge is 0.0125 e. The molecular weight excluding hydrogens is 196 g/mol. The van der Waals surface area contributed by atoms with Crippen molar-refractivity contribution in [3.8, 4) is 0 Å². The Hall–Kier alpha value is -0.0800. The van der Waals surface area contributed by atoms with E-state index >= 15 is 0 Å². The van der Waals surface area contributed by atoms with Gasteiger partial charge < -0.3 is 10.2 Å². The van der Waals surface area contributed by atoms with Crippen LogP contribution < -0.4 is 5.32 Å². The molecule has 2 heteroatoms. The monoisotopic (exact) mass is 222 g/mol. The summed E-state index contributed by atoms with van der Waals surface area (Å²) in [5, 5.41) is 3.75. The van der Waals surface area contributed by atoms with E-state index < -0.39 is 0 Å². The summed E-state index contributed by atoms with van der Waals surface area (Å²) in [5.74, 6) is 0. The molecule has 0 amide bonds. The average molecular weight is 222 g/mol. The third-order valence-electron chi connectivity index (χ3n) is 5.17. The third-order valence-corrected chi connectivity index (χ3v) is 5.17. The molecule has 0 aromatic heterocycles. The van der Waals surface area contributed by atoms with Crippen molar-refractivity contribution in [2.75, 3.05) is 7.05 Å². The van der Waals surface area contributed by atoms with Crippen molar-refractivity contribution >= 4 is 0 Å². The topological polar surface area (TPSA) is 15.3 Å². The molecule has 92 valence electrons. The molecule has 2 nitrogen and oxygen atoms in total. The van der Waals surface area contributed by atoms with Crippen LogP contribution in [0.2, 0.25) is 0 Å². The molecule has 1 N–H and O–H groups in total. The van der Waals surface area contributed by atoms with Gasteiger partial charge in [-0.2, -0.15) is 0 Å². The van der Waals surface area contributed by atoms with Crippen LogP contribution in [0, 0.1) is 0 Å². The highest BCUT2D eigenvalue weighted by atomic mass is 15.2. The van der Waals surface area contributed by atoms with Crippen molar-refractivity contribution in [2.24, 2.45) is 0 Å². The first kappa shape index (κ1) is 11.0. The van der Waals surface area contributed by atoms with E-state index in [-0.39, 0.29) is 0 Å². The van der Waals surface area contributed by atoms with Gasteiger partial charge in [0.05, 0.1) is 0 Å². The lowest BCUT2D eigenvalue weighted by atomic mass is 9.90. The Kier molecular flexibility index (Phi) is 3.21. The maximum Gasteiger partial charge on any atom is 0.0125 e. The lowest BCUT2D eigenvalue weighted by Crippen LogP contribution is -2.50. The largest absolute Gasteiger partial charge is 0.311 e. The van der Waals surface area contributed by atoms with Gasteiger partial charge in [-0.1, -0.05) is 19.3 Å². The first-order valence-corrected chi connectivity index (χ1v) is 7.31. The molecule has 0 aromatic rings. The molecular formula is C14H26N2. The van der Waals surface area contributed by atoms with Crippen molar-refractivity contribution in [3.63, 3.8) is 0 Å². The van der Waals surface area contributed by atoms with Crippen LogP contribution in [0.5, 0.6) is 0 Å². The van der Waals surface area contributed by atoms with Crippen LogP contribution in [0.3, 0.4) is 0 Å². The minimum atomic E-state index is 0.842. The molecule has 3 atom stereocenters. The van der Waals surface area contributed by atoms with E-state index in [2.05, 4.69) is 17.3 Å². The zero-order chi connectivity index (χ0) is 11.0. The fourth-order valence-corrected chi connectivity index (χ4v) is 4.15. The Balaban J connectivity index is 1.59. The summed E-state index contributed by atoms with van der Waals surface area (Å²) >= 11 is 0. The number of rotatable bonds is 2. The zero-order valence-corrected chi connectivity index (χ0v) is 10.6. The first-order valence-electron chi connectivity index (χ1n) is 7.31. The van der Waals surface area contributed by atoms with Crippen molar-refractivity contribution < 1.29 is 0 Å². The highest BCUT2D eigenvalue weighted by Crippen LogP contribution is 2.32. The van der Waals surface area contributed by atoms with Gasteiger partial charge in [0.25, 0.3) is 0 Å². The summed E-state index contributed by atoms with van der Waals surface area (Å²) in [6.45, 7) is 0. The normalized spacial score (nSPS) is 40.5. The number of hydrogen-bond acceptors (Lipinski definition) is 2. The molecule has 2 saturated heterocycles. The number of nitrogens with zero attached hydrogens (tertiary/aromatic N) is 1. The Bertz CT molecular complexity index is 223. The van der Waals surface area contributed by atoms with Gasteiger partial charge in [0.1, 0.15) is 0 Å². The molecule has 2 heterocycles. The van der Waals surface area contributed by atoms with E-state index in [9.17, 15) is 0 Å². The number of fused-ring (bicyclic) bond motifs is 2. The molecule has 16 heavy (non-hydrogen) atoms. The summed E-state index contributed by atoms with van der Waals surface area (Å²) in [4.78, 5) is 2.74. The van der Waals surface area contributed by atoms with Crippen LogP contribution in [0.25, 0.3) is 0 Å². The molecule has 1 unspecified atom stereocenters. The van der Waals surface area contributed by atoms with Gasteiger partial charge in [-0.05, 0) is 45.6 Å². The quantitative estimate of drug-likeness (QED) is 0.772. The van der Waals surface area contributed by atoms with Gasteiger partial charge in [0, 0.05) is 24.2 Å². The molecule has 2 aliphatic heterocycles. The Morgan fingerprint density at radius 1 is 0.812 bits per heavy atom. The number of nitrogens with one attached hydrogen (secondary N) is 1. The molecule has 0 radical (unpaired) electrons. The lowest BCUT2D eigenvalue weighted by molar-refractivity contribution is 0.101. The predicted octanol–water partition coefficient (Wildman–Crippen LogP) is 2.53. The summed E-state index contributed by atoms with van der Waals surface area (Å²) < 4.78 is 0. The van der Waals surface area contributed by atoms with Gasteiger partial charge in [-0.3, -0.25) is 0 Å². The fourth-order valence-electron chi connectivity index (χ4n) is 4.15. The third kappa shape index (κ3) is 2.14. The van der Waals surface area contributed by atoms with Crippen LogP contribution in [-0.4, -0.2) is 36.1 Å². The highest BCUT2D eigenvalue weighted by Gasteiger charge is 2.36. The first-order chi connectivity index (χ1) is 7.83. The average Bonchev–Trinajstić information content (AvgIpc) is 2.68. The Labute approximate surface area is 99.8 Å². The predicted molar refractivity (Wildman–Crippen MR) is 67.6 cm³/mol. The van der Waals surface area contributed by atoms with Crippen molar-refractivity contribution in [2.45, 2.75) is 82.0 Å². The molecule has 1 aliphatic carbocycles. The molecule has 0 aromatic carbocycles. The minimum absolute atomic E-state index is 0.842. The van der Waals surface area contributed by atoms with E-state index in [4.69, 9.17) is 0 Å². The van der Waals surface area contributed by atoms with Crippen molar-refractivity contribution in [3.05, 3.63) is 0 Å². The van der Waals surface area contributed by atoms with Gasteiger partial charge in [0.2, 0.25) is 0 Å². The minimum Gasteiger partial charge on any atom is -0.311 e. The van der Waals surface area contributed by atoms with Gasteiger partial charge in [0.15, 0.2) is 0 Å². The maximum atomic E-state index is 3.75. The molecule has 2 bridgehead atoms. The van der Waals surface area contributed by atoms with E-state index in [1.165, 1.54) is 57.8 Å². The molecule has 0 spiro atoms. The second kappa shape index (κ2) is 4.66. The summed E-state index contributed by atoms with van der Waals surface area (Å²) in [6, 6.07) is 3.46. The Morgan fingerprint density at radius 2 is 1.44 bits per heavy atom. The Morgan fingerprint density at radius 3 is 2.06 bits per heavy atom. The van der Waals surface area contributed by atoms with Crippen LogP contribution >= 0.6 is 0 Å². The summed E-state index contributed by atoms with van der Waals surface area (Å²) in [7, 11) is 2.39. The van der Waals surface area contributed by atoms with Crippen LogP contribution in [0.15, 0.2) is 0 Å². The highest BCUT2D eigenvalue weighted by molar-refractivity contribution is 4.96. The number of hydrogen-bond donors (Lipinski definition) is 1. The van der Waals surface area contributed by atoms with Gasteiger partial charge >= 0.3 is 0 Å². The van der Waals surface area contributed by atoms with Crippen LogP contribution in [-0.2, 0) is 0 Å². The lowest BCUT2D eigenvalue weighted by Gasteiger charge is -2.41. The van der Waals surface area contributed by atoms with Gasteiger partial charge in [-0.15, -0.1) is 0 Å². The summed E-state index contributed by atoms with van der Waals surface area (Å²) in [6.07, 6.45) is 13.0. The SMILES string of the molecule is CN(C1CCCCC1)C1C[C@H]2CC[C@@H](C1)N2. The standard InChI is InChI=1S/C14H26N2/c1-16(13-5-3-2-4-6-13)14-9-11-7-8-12(10-14)15-11/h11-15H,2-10H2,1H3/t11-,12+,14?. The summed E-state index contributed by atoms with van der Waals surface area (Å²) in [5.41, 5.74) is 0. The van der Waals surface area contributed by atoms with E-state index in [0.717, 1.165) is 24.2 Å². The number of piperidine rings is 1. The molecule has 3 rings (SSSR count). The maximum absolute atomic E-state index is 3.75. The molecule has 1 saturated carbocycles. The zero-order valence-electron chi connectivity index (χ0n) is 10.6. The van der Waals surface area contributed by atoms with E-state index in [1.807, 2.05) is 0 Å². The van der Waals surface area contributed by atoms with Crippen LogP contribution in [0.1, 0.15) is 57.8 Å². The molecule has 3 fully saturated rings. The second-order valence-electron chi connectivity index (χ2n) is 6.22.